The summed E-state index contributed by atoms with van der Waals surface area (Å²) < 4.78 is 33.8. The van der Waals surface area contributed by atoms with E-state index in [9.17, 15) is 19.0 Å². The summed E-state index contributed by atoms with van der Waals surface area (Å²) >= 11 is 0. The maximum Gasteiger partial charge on any atom is 0.306 e. The molecule has 0 rings (SSSR count). The number of rotatable bonds is 38. The molecule has 0 aromatic carbocycles. The molecule has 9 nitrogen and oxygen atoms in total. The van der Waals surface area contributed by atoms with E-state index in [1.165, 1.54) is 70.6 Å². The summed E-state index contributed by atoms with van der Waals surface area (Å²) in [5.41, 5.74) is 0. The number of hydrogen-bond acceptors (Lipinski definition) is 8. The van der Waals surface area contributed by atoms with Crippen LogP contribution >= 0.6 is 7.82 Å². The summed E-state index contributed by atoms with van der Waals surface area (Å²) in [6, 6.07) is 0. The van der Waals surface area contributed by atoms with E-state index in [1.807, 2.05) is 21.1 Å². The van der Waals surface area contributed by atoms with Crippen molar-refractivity contribution >= 4 is 19.8 Å². The van der Waals surface area contributed by atoms with Crippen molar-refractivity contribution in [3.63, 3.8) is 0 Å². The first-order chi connectivity index (χ1) is 25.5. The van der Waals surface area contributed by atoms with Gasteiger partial charge in [-0.1, -0.05) is 153 Å². The number of allylic oxidation sites excluding steroid dienone is 6. The topological polar surface area (TPSA) is 111 Å². The standard InChI is InChI=1S/C43H80NO8P/c1-6-8-10-12-14-16-18-20-22-24-26-28-30-32-34-36-43(46)52-41(40-51-53(47,48)50-38-37-44(3,4)5)39-49-42(45)35-33-31-29-27-25-23-21-19-17-15-13-11-9-7-2/h8,10,14,16,20,22,41H,6-7,9,11-13,15,17-19,21,23-40H2,1-5H3/b10-8-,16-14-,22-20-. The third-order valence-electron chi connectivity index (χ3n) is 8.92. The van der Waals surface area contributed by atoms with Gasteiger partial charge in [-0.3, -0.25) is 14.2 Å². The lowest BCUT2D eigenvalue weighted by Gasteiger charge is -2.28. The van der Waals surface area contributed by atoms with Gasteiger partial charge in [0.05, 0.1) is 27.7 Å². The number of carbonyl (C=O) groups excluding carboxylic acids is 2. The summed E-state index contributed by atoms with van der Waals surface area (Å²) in [7, 11) is 1.15. The zero-order chi connectivity index (χ0) is 39.3. The fraction of sp³-hybridized carbons (Fsp3) is 0.814. The predicted molar refractivity (Wildman–Crippen MR) is 217 cm³/mol. The first-order valence-electron chi connectivity index (χ1n) is 21.2. The van der Waals surface area contributed by atoms with Crippen LogP contribution in [0, 0.1) is 0 Å². The van der Waals surface area contributed by atoms with Gasteiger partial charge in [0, 0.05) is 12.8 Å². The van der Waals surface area contributed by atoms with E-state index < -0.39 is 26.5 Å². The second kappa shape index (κ2) is 35.9. The number of phosphoric ester groups is 1. The van der Waals surface area contributed by atoms with Gasteiger partial charge in [-0.05, 0) is 44.9 Å². The highest BCUT2D eigenvalue weighted by molar-refractivity contribution is 7.45. The summed E-state index contributed by atoms with van der Waals surface area (Å²) in [5, 5.41) is 0. The largest absolute Gasteiger partial charge is 0.756 e. The van der Waals surface area contributed by atoms with E-state index in [1.54, 1.807) is 0 Å². The van der Waals surface area contributed by atoms with Gasteiger partial charge in [0.2, 0.25) is 0 Å². The zero-order valence-electron chi connectivity index (χ0n) is 34.7. The van der Waals surface area contributed by atoms with E-state index in [0.717, 1.165) is 70.6 Å². The monoisotopic (exact) mass is 770 g/mol. The van der Waals surface area contributed by atoms with E-state index in [2.05, 4.69) is 50.3 Å². The SMILES string of the molecule is CC/C=C\C/C=C\C/C=C\CCCCCCCC(=O)OC(COC(=O)CCCCCCCCCCCCCCCC)COP(=O)([O-])OCC[N+](C)(C)C. The Hall–Kier alpha value is -1.77. The molecule has 0 aromatic rings. The maximum atomic E-state index is 12.6. The molecule has 0 saturated heterocycles. The highest BCUT2D eigenvalue weighted by Gasteiger charge is 2.21. The molecule has 10 heteroatoms. The molecule has 0 saturated carbocycles. The summed E-state index contributed by atoms with van der Waals surface area (Å²) in [4.78, 5) is 37.5. The van der Waals surface area contributed by atoms with Crippen molar-refractivity contribution in [2.24, 2.45) is 0 Å². The number of carbonyl (C=O) groups is 2. The van der Waals surface area contributed by atoms with Crippen LogP contribution < -0.4 is 4.89 Å². The molecule has 0 aliphatic rings. The molecule has 0 aromatic heterocycles. The van der Waals surface area contributed by atoms with Crippen molar-refractivity contribution in [2.45, 2.75) is 180 Å². The predicted octanol–water partition coefficient (Wildman–Crippen LogP) is 11.1. The number of quaternary nitrogens is 1. The molecule has 0 aliphatic heterocycles. The first kappa shape index (κ1) is 51.2. The number of esters is 2. The van der Waals surface area contributed by atoms with Crippen LogP contribution in [0.2, 0.25) is 0 Å². The van der Waals surface area contributed by atoms with Crippen molar-refractivity contribution in [3.8, 4) is 0 Å². The van der Waals surface area contributed by atoms with Gasteiger partial charge < -0.3 is 27.9 Å². The van der Waals surface area contributed by atoms with Crippen molar-refractivity contribution in [1.29, 1.82) is 0 Å². The Kier molecular flexibility index (Phi) is 34.7. The molecular formula is C43H80NO8P. The Labute approximate surface area is 325 Å². The highest BCUT2D eigenvalue weighted by Crippen LogP contribution is 2.38. The van der Waals surface area contributed by atoms with Crippen molar-refractivity contribution in [2.75, 3.05) is 47.5 Å². The van der Waals surface area contributed by atoms with Crippen LogP contribution in [-0.4, -0.2) is 70.0 Å². The summed E-state index contributed by atoms with van der Waals surface area (Å²) in [5.74, 6) is -0.852. The van der Waals surface area contributed by atoms with Crippen LogP contribution in [0.4, 0.5) is 0 Å². The third kappa shape index (κ3) is 39.7. The molecule has 0 amide bonds. The Balaban J connectivity index is 4.40. The minimum atomic E-state index is -4.62. The number of hydrogen-bond donors (Lipinski definition) is 0. The third-order valence-corrected chi connectivity index (χ3v) is 9.89. The van der Waals surface area contributed by atoms with Gasteiger partial charge in [0.15, 0.2) is 6.10 Å². The second-order valence-corrected chi connectivity index (χ2v) is 16.7. The Bertz CT molecular complexity index is 1010. The molecule has 0 heterocycles. The molecule has 0 fully saturated rings. The molecule has 2 atom stereocenters. The molecule has 0 spiro atoms. The molecule has 53 heavy (non-hydrogen) atoms. The number of unbranched alkanes of at least 4 members (excludes halogenated alkanes) is 18. The molecule has 0 N–H and O–H groups in total. The van der Waals surface area contributed by atoms with Gasteiger partial charge >= 0.3 is 11.9 Å². The Morgan fingerprint density at radius 1 is 0.604 bits per heavy atom. The van der Waals surface area contributed by atoms with Crippen molar-refractivity contribution in [1.82, 2.24) is 0 Å². The molecule has 0 bridgehead atoms. The second-order valence-electron chi connectivity index (χ2n) is 15.3. The molecule has 2 unspecified atom stereocenters. The molecule has 310 valence electrons. The van der Waals surface area contributed by atoms with Crippen LogP contribution in [0.25, 0.3) is 0 Å². The van der Waals surface area contributed by atoms with Crippen LogP contribution in [0.5, 0.6) is 0 Å². The number of likely N-dealkylation sites (N-methyl/N-ethyl adjacent to an activating group) is 1. The minimum Gasteiger partial charge on any atom is -0.756 e. The van der Waals surface area contributed by atoms with Crippen molar-refractivity contribution < 1.29 is 42.1 Å². The number of phosphoric acid groups is 1. The lowest BCUT2D eigenvalue weighted by atomic mass is 10.0. The molecular weight excluding hydrogens is 689 g/mol. The maximum absolute atomic E-state index is 12.6. The van der Waals surface area contributed by atoms with Crippen molar-refractivity contribution in [3.05, 3.63) is 36.5 Å². The van der Waals surface area contributed by atoms with E-state index in [4.69, 9.17) is 18.5 Å². The van der Waals surface area contributed by atoms with E-state index in [0.29, 0.717) is 17.4 Å². The fourth-order valence-corrected chi connectivity index (χ4v) is 6.34. The zero-order valence-corrected chi connectivity index (χ0v) is 35.6. The normalized spacial score (nSPS) is 14.0. The Morgan fingerprint density at radius 3 is 1.60 bits per heavy atom. The number of nitrogens with zero attached hydrogens (tertiary/aromatic N) is 1. The fourth-order valence-electron chi connectivity index (χ4n) is 5.61. The summed E-state index contributed by atoms with van der Waals surface area (Å²) in [6.45, 7) is 4.09. The van der Waals surface area contributed by atoms with Gasteiger partial charge in [-0.15, -0.1) is 0 Å². The molecule has 0 radical (unpaired) electrons. The van der Waals surface area contributed by atoms with Gasteiger partial charge in [0.1, 0.15) is 19.8 Å². The van der Waals surface area contributed by atoms with Gasteiger partial charge in [-0.25, -0.2) is 0 Å². The quantitative estimate of drug-likeness (QED) is 0.0201. The van der Waals surface area contributed by atoms with Crippen LogP contribution in [0.1, 0.15) is 174 Å². The number of ether oxygens (including phenoxy) is 2. The van der Waals surface area contributed by atoms with Gasteiger partial charge in [-0.2, -0.15) is 0 Å². The lowest BCUT2D eigenvalue weighted by molar-refractivity contribution is -0.870. The van der Waals surface area contributed by atoms with Crippen LogP contribution in [0.3, 0.4) is 0 Å². The lowest BCUT2D eigenvalue weighted by Crippen LogP contribution is -2.37. The minimum absolute atomic E-state index is 0.0340. The highest BCUT2D eigenvalue weighted by atomic mass is 31.2. The van der Waals surface area contributed by atoms with E-state index >= 15 is 0 Å². The van der Waals surface area contributed by atoms with Crippen LogP contribution in [-0.2, 0) is 32.7 Å². The first-order valence-corrected chi connectivity index (χ1v) is 22.7. The summed E-state index contributed by atoms with van der Waals surface area (Å²) in [6.07, 6.45) is 38.8. The smallest absolute Gasteiger partial charge is 0.306 e. The average Bonchev–Trinajstić information content (AvgIpc) is 3.10. The van der Waals surface area contributed by atoms with Crippen LogP contribution in [0.15, 0.2) is 36.5 Å². The van der Waals surface area contributed by atoms with E-state index in [-0.39, 0.29) is 32.0 Å². The average molecular weight is 770 g/mol. The van der Waals surface area contributed by atoms with Gasteiger partial charge in [0.25, 0.3) is 7.82 Å². The Morgan fingerprint density at radius 2 is 1.08 bits per heavy atom. The molecule has 0 aliphatic carbocycles.